The molecule has 0 radical (unpaired) electrons. The summed E-state index contributed by atoms with van der Waals surface area (Å²) in [6, 6.07) is 10.0. The van der Waals surface area contributed by atoms with E-state index in [4.69, 9.17) is 0 Å². The van der Waals surface area contributed by atoms with E-state index in [2.05, 4.69) is 9.97 Å². The fourth-order valence-corrected chi connectivity index (χ4v) is 3.63. The number of aryl methyl sites for hydroxylation is 2. The van der Waals surface area contributed by atoms with E-state index in [1.807, 2.05) is 49.4 Å². The van der Waals surface area contributed by atoms with Gasteiger partial charge in [-0.1, -0.05) is 49.4 Å². The zero-order valence-electron chi connectivity index (χ0n) is 15.7. The maximum Gasteiger partial charge on any atom is 0.332 e. The van der Waals surface area contributed by atoms with Crippen LogP contribution in [-0.4, -0.2) is 24.9 Å². The molecule has 3 rings (SSSR count). The van der Waals surface area contributed by atoms with Gasteiger partial charge < -0.3 is 0 Å². The first-order valence-electron chi connectivity index (χ1n) is 8.84. The molecular formula is C20H22N4O2S. The second kappa shape index (κ2) is 8.35. The molecule has 0 spiro atoms. The molecule has 0 amide bonds. The summed E-state index contributed by atoms with van der Waals surface area (Å²) in [4.78, 5) is 34.0. The molecule has 27 heavy (non-hydrogen) atoms. The number of thioether (sulfide) groups is 1. The van der Waals surface area contributed by atoms with Gasteiger partial charge in [-0.2, -0.15) is 0 Å². The van der Waals surface area contributed by atoms with Gasteiger partial charge in [0.05, 0.1) is 0 Å². The highest BCUT2D eigenvalue weighted by Crippen LogP contribution is 2.23. The number of fused-ring (bicyclic) bond motifs is 1. The quantitative estimate of drug-likeness (QED) is 0.484. The molecule has 6 nitrogen and oxygen atoms in total. The Morgan fingerprint density at radius 1 is 1.07 bits per heavy atom. The van der Waals surface area contributed by atoms with Crippen LogP contribution in [0.15, 0.2) is 51.0 Å². The van der Waals surface area contributed by atoms with Crippen molar-refractivity contribution in [2.45, 2.75) is 24.8 Å². The third-order valence-electron chi connectivity index (χ3n) is 4.21. The predicted molar refractivity (Wildman–Crippen MR) is 110 cm³/mol. The van der Waals surface area contributed by atoms with Crippen molar-refractivity contribution < 1.29 is 0 Å². The van der Waals surface area contributed by atoms with E-state index in [0.717, 1.165) is 16.6 Å². The van der Waals surface area contributed by atoms with Gasteiger partial charge in [-0.25, -0.2) is 14.8 Å². The number of nitrogens with zero attached hydrogens (tertiary/aromatic N) is 4. The summed E-state index contributed by atoms with van der Waals surface area (Å²) in [6.45, 7) is 2.05. The average Bonchev–Trinajstić information content (AvgIpc) is 2.68. The van der Waals surface area contributed by atoms with Crippen molar-refractivity contribution >= 4 is 28.9 Å². The molecule has 2 heterocycles. The van der Waals surface area contributed by atoms with Crippen molar-refractivity contribution in [2.24, 2.45) is 14.1 Å². The van der Waals surface area contributed by atoms with Gasteiger partial charge in [-0.05, 0) is 12.0 Å². The number of benzene rings is 1. The second-order valence-electron chi connectivity index (χ2n) is 6.22. The minimum Gasteiger partial charge on any atom is -0.280 e. The van der Waals surface area contributed by atoms with Crippen molar-refractivity contribution in [3.05, 3.63) is 68.6 Å². The van der Waals surface area contributed by atoms with Gasteiger partial charge in [0, 0.05) is 26.3 Å². The molecular weight excluding hydrogens is 360 g/mol. The maximum atomic E-state index is 12.7. The van der Waals surface area contributed by atoms with E-state index in [-0.39, 0.29) is 11.2 Å². The minimum absolute atomic E-state index is 0.356. The lowest BCUT2D eigenvalue weighted by atomic mass is 10.2. The maximum absolute atomic E-state index is 12.7. The van der Waals surface area contributed by atoms with E-state index in [1.54, 1.807) is 7.05 Å². The van der Waals surface area contributed by atoms with Crippen LogP contribution in [0.2, 0.25) is 0 Å². The second-order valence-corrected chi connectivity index (χ2v) is 7.23. The SMILES string of the molecule is CCCc1nc(SC/C=C/c2ccccc2)c2c(=O)n(C)c(=O)n(C)c2n1. The van der Waals surface area contributed by atoms with Gasteiger partial charge in [0.25, 0.3) is 5.56 Å². The Morgan fingerprint density at radius 3 is 2.52 bits per heavy atom. The van der Waals surface area contributed by atoms with E-state index in [1.165, 1.54) is 23.4 Å². The summed E-state index contributed by atoms with van der Waals surface area (Å²) in [5, 5.41) is 1.02. The Balaban J connectivity index is 2.01. The lowest BCUT2D eigenvalue weighted by molar-refractivity contribution is 0.696. The molecule has 1 aromatic carbocycles. The number of hydrogen-bond donors (Lipinski definition) is 0. The molecule has 0 aliphatic carbocycles. The fourth-order valence-electron chi connectivity index (χ4n) is 2.79. The minimum atomic E-state index is -0.381. The van der Waals surface area contributed by atoms with Crippen LogP contribution in [0.4, 0.5) is 0 Å². The predicted octanol–water partition coefficient (Wildman–Crippen LogP) is 2.79. The van der Waals surface area contributed by atoms with E-state index < -0.39 is 0 Å². The molecule has 7 heteroatoms. The highest BCUT2D eigenvalue weighted by Gasteiger charge is 2.16. The number of rotatable bonds is 6. The van der Waals surface area contributed by atoms with Crippen LogP contribution < -0.4 is 11.2 Å². The molecule has 3 aromatic rings. The van der Waals surface area contributed by atoms with Crippen molar-refractivity contribution in [1.29, 1.82) is 0 Å². The van der Waals surface area contributed by atoms with Gasteiger partial charge in [0.15, 0.2) is 5.65 Å². The van der Waals surface area contributed by atoms with Crippen LogP contribution in [-0.2, 0) is 20.5 Å². The van der Waals surface area contributed by atoms with E-state index in [9.17, 15) is 9.59 Å². The molecule has 0 atom stereocenters. The molecule has 0 bridgehead atoms. The third-order valence-corrected chi connectivity index (χ3v) is 5.14. The molecule has 0 saturated heterocycles. The van der Waals surface area contributed by atoms with Gasteiger partial charge >= 0.3 is 5.69 Å². The van der Waals surface area contributed by atoms with Crippen LogP contribution in [0.3, 0.4) is 0 Å². The van der Waals surface area contributed by atoms with Crippen LogP contribution in [0.5, 0.6) is 0 Å². The van der Waals surface area contributed by atoms with Crippen molar-refractivity contribution in [3.63, 3.8) is 0 Å². The molecule has 0 aliphatic heterocycles. The smallest absolute Gasteiger partial charge is 0.280 e. The Labute approximate surface area is 161 Å². The Kier molecular flexibility index (Phi) is 5.91. The fraction of sp³-hybridized carbons (Fsp3) is 0.300. The zero-order chi connectivity index (χ0) is 19.4. The first kappa shape index (κ1) is 19.1. The molecule has 0 unspecified atom stereocenters. The Hall–Kier alpha value is -2.67. The molecule has 0 fully saturated rings. The molecule has 0 saturated carbocycles. The van der Waals surface area contributed by atoms with Crippen LogP contribution >= 0.6 is 11.8 Å². The Bertz CT molecular complexity index is 1100. The van der Waals surface area contributed by atoms with Gasteiger partial charge in [-0.15, -0.1) is 11.8 Å². The first-order valence-corrected chi connectivity index (χ1v) is 9.82. The Morgan fingerprint density at radius 2 is 1.81 bits per heavy atom. The van der Waals surface area contributed by atoms with Crippen molar-refractivity contribution in [2.75, 3.05) is 5.75 Å². The summed E-state index contributed by atoms with van der Waals surface area (Å²) in [7, 11) is 3.12. The number of aromatic nitrogens is 4. The van der Waals surface area contributed by atoms with Crippen LogP contribution in [0.1, 0.15) is 24.7 Å². The van der Waals surface area contributed by atoms with Gasteiger partial charge in [0.2, 0.25) is 0 Å². The lowest BCUT2D eigenvalue weighted by Gasteiger charge is -2.11. The first-order chi connectivity index (χ1) is 13.0. The van der Waals surface area contributed by atoms with Crippen LogP contribution in [0.25, 0.3) is 17.1 Å². The third kappa shape index (κ3) is 4.03. The summed E-state index contributed by atoms with van der Waals surface area (Å²) in [6.07, 6.45) is 5.67. The van der Waals surface area contributed by atoms with Gasteiger partial charge in [-0.3, -0.25) is 13.9 Å². The lowest BCUT2D eigenvalue weighted by Crippen LogP contribution is -2.37. The number of hydrogen-bond acceptors (Lipinski definition) is 5. The highest BCUT2D eigenvalue weighted by molar-refractivity contribution is 7.99. The monoisotopic (exact) mass is 382 g/mol. The summed E-state index contributed by atoms with van der Waals surface area (Å²) >= 11 is 1.48. The van der Waals surface area contributed by atoms with Crippen molar-refractivity contribution in [3.8, 4) is 0 Å². The van der Waals surface area contributed by atoms with Crippen molar-refractivity contribution in [1.82, 2.24) is 19.1 Å². The largest absolute Gasteiger partial charge is 0.332 e. The normalized spacial score (nSPS) is 11.5. The van der Waals surface area contributed by atoms with E-state index in [0.29, 0.717) is 34.1 Å². The topological polar surface area (TPSA) is 69.8 Å². The highest BCUT2D eigenvalue weighted by atomic mass is 32.2. The zero-order valence-corrected chi connectivity index (χ0v) is 16.5. The van der Waals surface area contributed by atoms with Gasteiger partial charge in [0.1, 0.15) is 16.2 Å². The average molecular weight is 382 g/mol. The van der Waals surface area contributed by atoms with Crippen LogP contribution in [0, 0.1) is 0 Å². The molecule has 140 valence electrons. The summed E-state index contributed by atoms with van der Waals surface area (Å²) < 4.78 is 2.52. The summed E-state index contributed by atoms with van der Waals surface area (Å²) in [5.74, 6) is 1.32. The standard InChI is InChI=1S/C20H22N4O2S/c1-4-9-15-21-17-16(19(25)24(3)20(26)23(17)2)18(22-15)27-13-8-12-14-10-6-5-7-11-14/h5-8,10-12H,4,9,13H2,1-3H3/b12-8+. The molecule has 0 aliphatic rings. The summed E-state index contributed by atoms with van der Waals surface area (Å²) in [5.41, 5.74) is 0.783. The van der Waals surface area contributed by atoms with E-state index >= 15 is 0 Å². The molecule has 0 N–H and O–H groups in total. The molecule has 2 aromatic heterocycles.